The molecule has 7 heteroatoms. The first-order valence-corrected chi connectivity index (χ1v) is 13.9. The largest absolute Gasteiger partial charge is 0.484 e. The van der Waals surface area contributed by atoms with Crippen molar-refractivity contribution >= 4 is 39.3 Å². The molecule has 5 nitrogen and oxygen atoms in total. The number of amides is 2. The van der Waals surface area contributed by atoms with Gasteiger partial charge < -0.3 is 15.0 Å². The Morgan fingerprint density at radius 3 is 2.27 bits per heavy atom. The number of ether oxygens (including phenoxy) is 1. The first-order valence-electron chi connectivity index (χ1n) is 12.7. The zero-order valence-corrected chi connectivity index (χ0v) is 23.1. The standard InChI is InChI=1S/C30H32BrClN2O3/c31-24-13-11-23(12-14-24)20-34(29(35)21-37-27-17-15-25(32)16-18-27)28(19-22-7-3-1-4-8-22)30(36)33-26-9-5-2-6-10-26/h1,3-4,7-8,11-18,26,28H,2,5-6,9-10,19-21H2,(H,33,36). The number of carbonyl (C=O) groups is 2. The summed E-state index contributed by atoms with van der Waals surface area (Å²) in [5.74, 6) is 0.179. The molecule has 0 spiro atoms. The molecule has 0 bridgehead atoms. The van der Waals surface area contributed by atoms with E-state index in [1.165, 1.54) is 6.42 Å². The minimum Gasteiger partial charge on any atom is -0.484 e. The topological polar surface area (TPSA) is 58.6 Å². The summed E-state index contributed by atoms with van der Waals surface area (Å²) in [6.07, 6.45) is 5.81. The smallest absolute Gasteiger partial charge is 0.261 e. The Kier molecular flexibility index (Phi) is 10.0. The lowest BCUT2D eigenvalue weighted by Gasteiger charge is -2.33. The van der Waals surface area contributed by atoms with Crippen molar-refractivity contribution in [2.75, 3.05) is 6.61 Å². The fourth-order valence-corrected chi connectivity index (χ4v) is 5.03. The summed E-state index contributed by atoms with van der Waals surface area (Å²) in [6, 6.07) is 24.0. The molecule has 0 aromatic heterocycles. The number of halogens is 2. The molecule has 3 aromatic rings. The number of rotatable bonds is 10. The second kappa shape index (κ2) is 13.6. The number of nitrogens with one attached hydrogen (secondary N) is 1. The summed E-state index contributed by atoms with van der Waals surface area (Å²) >= 11 is 9.46. The summed E-state index contributed by atoms with van der Waals surface area (Å²) in [6.45, 7) is 0.117. The molecule has 1 N–H and O–H groups in total. The van der Waals surface area contributed by atoms with Gasteiger partial charge in [-0.2, -0.15) is 0 Å². The minimum atomic E-state index is -0.672. The van der Waals surface area contributed by atoms with Crippen LogP contribution >= 0.6 is 27.5 Å². The molecule has 0 saturated heterocycles. The number of carbonyl (C=O) groups excluding carboxylic acids is 2. The highest BCUT2D eigenvalue weighted by Crippen LogP contribution is 2.21. The highest BCUT2D eigenvalue weighted by atomic mass is 79.9. The molecule has 4 rings (SSSR count). The maximum atomic E-state index is 13.7. The number of hydrogen-bond donors (Lipinski definition) is 1. The molecule has 1 unspecified atom stereocenters. The zero-order valence-electron chi connectivity index (χ0n) is 20.7. The van der Waals surface area contributed by atoms with Crippen molar-refractivity contribution in [2.45, 2.75) is 57.2 Å². The summed E-state index contributed by atoms with van der Waals surface area (Å²) in [4.78, 5) is 29.1. The second-order valence-corrected chi connectivity index (χ2v) is 10.8. The van der Waals surface area contributed by atoms with E-state index in [1.807, 2.05) is 54.6 Å². The monoisotopic (exact) mass is 582 g/mol. The first-order chi connectivity index (χ1) is 18.0. The lowest BCUT2D eigenvalue weighted by molar-refractivity contribution is -0.143. The van der Waals surface area contributed by atoms with E-state index in [4.69, 9.17) is 16.3 Å². The molecule has 1 aliphatic carbocycles. The van der Waals surface area contributed by atoms with Gasteiger partial charge in [-0.25, -0.2) is 0 Å². The molecule has 3 aromatic carbocycles. The van der Waals surface area contributed by atoms with E-state index in [0.29, 0.717) is 23.7 Å². The summed E-state index contributed by atoms with van der Waals surface area (Å²) in [7, 11) is 0. The predicted octanol–water partition coefficient (Wildman–Crippen LogP) is 6.57. The van der Waals surface area contributed by atoms with Crippen LogP contribution in [0.5, 0.6) is 5.75 Å². The Morgan fingerprint density at radius 1 is 0.919 bits per heavy atom. The highest BCUT2D eigenvalue weighted by Gasteiger charge is 2.32. The third-order valence-corrected chi connectivity index (χ3v) is 7.45. The summed E-state index contributed by atoms with van der Waals surface area (Å²) in [5.41, 5.74) is 1.94. The average Bonchev–Trinajstić information content (AvgIpc) is 2.92. The minimum absolute atomic E-state index is 0.118. The van der Waals surface area contributed by atoms with E-state index < -0.39 is 6.04 Å². The SMILES string of the molecule is O=C(NC1CCCCC1)C(Cc1ccccc1)N(Cc1ccc(Br)cc1)C(=O)COc1ccc(Cl)cc1. The van der Waals surface area contributed by atoms with E-state index in [1.54, 1.807) is 29.2 Å². The Balaban J connectivity index is 1.59. The second-order valence-electron chi connectivity index (χ2n) is 9.44. The Labute approximate surface area is 232 Å². The molecule has 1 atom stereocenters. The van der Waals surface area contributed by atoms with Crippen LogP contribution in [0.25, 0.3) is 0 Å². The van der Waals surface area contributed by atoms with Gasteiger partial charge in [0, 0.05) is 28.5 Å². The van der Waals surface area contributed by atoms with Crippen LogP contribution in [0.15, 0.2) is 83.3 Å². The van der Waals surface area contributed by atoms with Gasteiger partial charge in [-0.1, -0.05) is 89.3 Å². The van der Waals surface area contributed by atoms with Crippen LogP contribution in [0, 0.1) is 0 Å². The van der Waals surface area contributed by atoms with Crippen molar-refractivity contribution in [2.24, 2.45) is 0 Å². The van der Waals surface area contributed by atoms with Crippen molar-refractivity contribution in [3.8, 4) is 5.75 Å². The van der Waals surface area contributed by atoms with Crippen molar-refractivity contribution in [1.82, 2.24) is 10.2 Å². The molecule has 1 saturated carbocycles. The van der Waals surface area contributed by atoms with Crippen LogP contribution in [-0.4, -0.2) is 35.4 Å². The van der Waals surface area contributed by atoms with E-state index in [-0.39, 0.29) is 24.5 Å². The molecule has 2 amide bonds. The molecular weight excluding hydrogens is 552 g/mol. The lowest BCUT2D eigenvalue weighted by Crippen LogP contribution is -2.53. The van der Waals surface area contributed by atoms with Crippen molar-refractivity contribution < 1.29 is 14.3 Å². The number of benzene rings is 3. The summed E-state index contributed by atoms with van der Waals surface area (Å²) < 4.78 is 6.76. The van der Waals surface area contributed by atoms with Crippen molar-refractivity contribution in [1.29, 1.82) is 0 Å². The Hall–Kier alpha value is -2.83. The van der Waals surface area contributed by atoms with Gasteiger partial charge in [-0.15, -0.1) is 0 Å². The Morgan fingerprint density at radius 2 is 1.59 bits per heavy atom. The fourth-order valence-electron chi connectivity index (χ4n) is 4.64. The molecule has 0 heterocycles. The van der Waals surface area contributed by atoms with Crippen LogP contribution in [-0.2, 0) is 22.6 Å². The van der Waals surface area contributed by atoms with Gasteiger partial charge in [-0.05, 0) is 60.4 Å². The van der Waals surface area contributed by atoms with Gasteiger partial charge in [0.05, 0.1) is 0 Å². The Bertz CT molecular complexity index is 1150. The molecular formula is C30H32BrClN2O3. The quantitative estimate of drug-likeness (QED) is 0.294. The molecule has 0 aliphatic heterocycles. The van der Waals surface area contributed by atoms with E-state index >= 15 is 0 Å². The van der Waals surface area contributed by atoms with Gasteiger partial charge in [0.2, 0.25) is 5.91 Å². The summed E-state index contributed by atoms with van der Waals surface area (Å²) in [5, 5.41) is 3.85. The third-order valence-electron chi connectivity index (χ3n) is 6.66. The molecule has 0 radical (unpaired) electrons. The lowest BCUT2D eigenvalue weighted by atomic mass is 9.94. The first kappa shape index (κ1) is 27.2. The third kappa shape index (κ3) is 8.34. The highest BCUT2D eigenvalue weighted by molar-refractivity contribution is 9.10. The molecule has 1 fully saturated rings. The molecule has 37 heavy (non-hydrogen) atoms. The van der Waals surface area contributed by atoms with Crippen LogP contribution in [0.3, 0.4) is 0 Å². The maximum Gasteiger partial charge on any atom is 0.261 e. The van der Waals surface area contributed by atoms with Gasteiger partial charge >= 0.3 is 0 Å². The van der Waals surface area contributed by atoms with E-state index in [9.17, 15) is 9.59 Å². The molecule has 1 aliphatic rings. The van der Waals surface area contributed by atoms with Gasteiger partial charge in [0.1, 0.15) is 11.8 Å². The van der Waals surface area contributed by atoms with E-state index in [0.717, 1.165) is 41.3 Å². The molecule has 194 valence electrons. The van der Waals surface area contributed by atoms with Crippen LogP contribution in [0.1, 0.15) is 43.2 Å². The van der Waals surface area contributed by atoms with Gasteiger partial charge in [-0.3, -0.25) is 9.59 Å². The van der Waals surface area contributed by atoms with Crippen LogP contribution in [0.2, 0.25) is 5.02 Å². The maximum absolute atomic E-state index is 13.7. The fraction of sp³-hybridized carbons (Fsp3) is 0.333. The van der Waals surface area contributed by atoms with Crippen molar-refractivity contribution in [3.63, 3.8) is 0 Å². The van der Waals surface area contributed by atoms with Crippen LogP contribution in [0.4, 0.5) is 0 Å². The number of nitrogens with zero attached hydrogens (tertiary/aromatic N) is 1. The predicted molar refractivity (Wildman–Crippen MR) is 151 cm³/mol. The number of hydrogen-bond acceptors (Lipinski definition) is 3. The van der Waals surface area contributed by atoms with Crippen molar-refractivity contribution in [3.05, 3.63) is 99.5 Å². The normalized spacial score (nSPS) is 14.5. The van der Waals surface area contributed by atoms with Gasteiger partial charge in [0.25, 0.3) is 5.91 Å². The zero-order chi connectivity index (χ0) is 26.0. The van der Waals surface area contributed by atoms with Gasteiger partial charge in [0.15, 0.2) is 6.61 Å². The average molecular weight is 584 g/mol. The van der Waals surface area contributed by atoms with Crippen LogP contribution < -0.4 is 10.1 Å². The van der Waals surface area contributed by atoms with E-state index in [2.05, 4.69) is 21.2 Å².